The van der Waals surface area contributed by atoms with Crippen molar-refractivity contribution in [1.82, 2.24) is 14.9 Å². The number of imidazole rings is 1. The number of halogens is 3. The number of carbonyl (C=O) groups excluding carboxylic acids is 1. The molecular weight excluding hydrogens is 508 g/mol. The van der Waals surface area contributed by atoms with Crippen LogP contribution in [-0.4, -0.2) is 26.5 Å². The molecule has 2 aromatic rings. The maximum absolute atomic E-state index is 12.6. The fraction of sp³-hybridized carbons (Fsp3) is 0.250. The van der Waals surface area contributed by atoms with Gasteiger partial charge < -0.3 is 9.88 Å². The van der Waals surface area contributed by atoms with Gasteiger partial charge in [-0.2, -0.15) is 0 Å². The number of aromatic amines is 1. The van der Waals surface area contributed by atoms with Crippen LogP contribution in [0.25, 0.3) is 5.03 Å². The summed E-state index contributed by atoms with van der Waals surface area (Å²) < 4.78 is 1.55. The summed E-state index contributed by atoms with van der Waals surface area (Å²) in [5.74, 6) is 0.00556. The molecule has 1 amide bonds. The van der Waals surface area contributed by atoms with Crippen LogP contribution in [0.2, 0.25) is 0 Å². The van der Waals surface area contributed by atoms with Crippen molar-refractivity contribution in [1.29, 1.82) is 0 Å². The molecule has 1 aromatic heterocycles. The minimum absolute atomic E-state index is 0.00556. The number of nitrogens with one attached hydrogen (secondary N) is 1. The molecule has 4 heterocycles. The first-order chi connectivity index (χ1) is 13.2. The number of fused-ring (bicyclic) bond motifs is 2. The van der Waals surface area contributed by atoms with Crippen LogP contribution in [0.4, 0.5) is 5.69 Å². The fourth-order valence-electron chi connectivity index (χ4n) is 4.14. The van der Waals surface area contributed by atoms with Gasteiger partial charge in [0.25, 0.3) is 0 Å². The van der Waals surface area contributed by atoms with Gasteiger partial charge in [-0.1, -0.05) is 53.5 Å². The van der Waals surface area contributed by atoms with Gasteiger partial charge in [-0.05, 0) is 34.1 Å². The van der Waals surface area contributed by atoms with Crippen LogP contribution in [0.5, 0.6) is 0 Å². The number of nitrogens with zero attached hydrogens (tertiary/aromatic N) is 3. The molecule has 5 nitrogen and oxygen atoms in total. The van der Waals surface area contributed by atoms with Gasteiger partial charge in [-0.15, -0.1) is 0 Å². The number of H-pyrrole nitrogens is 1. The topological polar surface area (TPSA) is 61.4 Å². The monoisotopic (exact) mass is 520 g/mol. The Bertz CT molecular complexity index is 1150. The molecule has 1 atom stereocenters. The first-order valence-electron chi connectivity index (χ1n) is 8.77. The van der Waals surface area contributed by atoms with E-state index in [1.807, 2.05) is 24.3 Å². The van der Waals surface area contributed by atoms with Crippen LogP contribution in [0.15, 0.2) is 50.7 Å². The zero-order valence-electron chi connectivity index (χ0n) is 15.1. The quantitative estimate of drug-likeness (QED) is 0.463. The number of carbonyl (C=O) groups is 1. The third-order valence-corrected chi connectivity index (χ3v) is 6.75. The number of β-lactam (4-membered cyclic amide) rings is 1. The van der Waals surface area contributed by atoms with Crippen molar-refractivity contribution >= 4 is 65.8 Å². The van der Waals surface area contributed by atoms with Crippen LogP contribution < -0.4 is 0 Å². The van der Waals surface area contributed by atoms with Gasteiger partial charge in [0.05, 0.1) is 28.5 Å². The first-order valence-corrected chi connectivity index (χ1v) is 10.7. The second-order valence-electron chi connectivity index (χ2n) is 7.74. The van der Waals surface area contributed by atoms with E-state index in [9.17, 15) is 4.79 Å². The zero-order chi connectivity index (χ0) is 19.8. The average Bonchev–Trinajstić information content (AvgIpc) is 3.17. The third kappa shape index (κ3) is 2.39. The van der Waals surface area contributed by atoms with Crippen molar-refractivity contribution in [3.05, 3.63) is 62.7 Å². The molecule has 1 spiro atoms. The van der Waals surface area contributed by atoms with Crippen LogP contribution in [-0.2, 0) is 15.7 Å². The van der Waals surface area contributed by atoms with Crippen molar-refractivity contribution in [3.8, 4) is 0 Å². The van der Waals surface area contributed by atoms with E-state index in [-0.39, 0.29) is 11.3 Å². The molecule has 28 heavy (non-hydrogen) atoms. The minimum Gasteiger partial charge on any atom is -0.335 e. The number of aromatic nitrogens is 2. The number of amides is 1. The molecule has 3 aliphatic rings. The summed E-state index contributed by atoms with van der Waals surface area (Å²) in [4.78, 5) is 26.9. The van der Waals surface area contributed by atoms with Crippen LogP contribution in [0.3, 0.4) is 0 Å². The highest BCUT2D eigenvalue weighted by Crippen LogP contribution is 2.53. The maximum atomic E-state index is 12.6. The molecule has 3 aliphatic heterocycles. The molecule has 142 valence electrons. The summed E-state index contributed by atoms with van der Waals surface area (Å²) in [6.45, 7) is 4.18. The molecule has 0 aliphatic carbocycles. The smallest absolute Gasteiger partial charge is 0.230 e. The Morgan fingerprint density at radius 1 is 1.29 bits per heavy atom. The van der Waals surface area contributed by atoms with Crippen molar-refractivity contribution in [3.63, 3.8) is 0 Å². The van der Waals surface area contributed by atoms with Crippen molar-refractivity contribution in [2.45, 2.75) is 31.2 Å². The Labute approximate surface area is 183 Å². The van der Waals surface area contributed by atoms with E-state index in [4.69, 9.17) is 16.6 Å². The molecule has 1 N–H and O–H groups in total. The summed E-state index contributed by atoms with van der Waals surface area (Å²) in [5.41, 5.74) is 3.24. The van der Waals surface area contributed by atoms with E-state index in [0.29, 0.717) is 21.9 Å². The highest BCUT2D eigenvalue weighted by atomic mass is 79.9. The third-order valence-electron chi connectivity index (χ3n) is 5.60. The number of hydrogen-bond acceptors (Lipinski definition) is 3. The Morgan fingerprint density at radius 2 is 2.07 bits per heavy atom. The summed E-state index contributed by atoms with van der Waals surface area (Å²) in [7, 11) is 0. The van der Waals surface area contributed by atoms with E-state index in [2.05, 4.69) is 61.8 Å². The number of allylic oxidation sites excluding steroid dienone is 1. The van der Waals surface area contributed by atoms with E-state index in [1.54, 1.807) is 11.1 Å². The SMILES string of the molecule is CC1(C)/C=C\C2=Nc3cc(Br)ccc3[C@]23CC(=O)N3/C=C(/Cl)c2nc(Br)[nH]c21. The molecular formula is C20H15Br2ClN4O. The van der Waals surface area contributed by atoms with Gasteiger partial charge in [0, 0.05) is 21.7 Å². The number of benzene rings is 1. The molecule has 1 aromatic carbocycles. The van der Waals surface area contributed by atoms with Gasteiger partial charge >= 0.3 is 0 Å². The first kappa shape index (κ1) is 18.3. The highest BCUT2D eigenvalue weighted by Gasteiger charge is 2.58. The Morgan fingerprint density at radius 3 is 2.82 bits per heavy atom. The van der Waals surface area contributed by atoms with E-state index in [1.165, 1.54) is 0 Å². The maximum Gasteiger partial charge on any atom is 0.230 e. The largest absolute Gasteiger partial charge is 0.335 e. The molecule has 0 radical (unpaired) electrons. The van der Waals surface area contributed by atoms with Gasteiger partial charge in [0.1, 0.15) is 11.2 Å². The number of rotatable bonds is 0. The van der Waals surface area contributed by atoms with Crippen molar-refractivity contribution in [2.75, 3.05) is 0 Å². The average molecular weight is 523 g/mol. The molecule has 0 unspecified atom stereocenters. The molecule has 0 bridgehead atoms. The second kappa shape index (κ2) is 5.90. The normalized spacial score (nSPS) is 27.5. The van der Waals surface area contributed by atoms with E-state index in [0.717, 1.165) is 27.1 Å². The lowest BCUT2D eigenvalue weighted by Crippen LogP contribution is -2.61. The summed E-state index contributed by atoms with van der Waals surface area (Å²) in [6.07, 6.45) is 6.18. The van der Waals surface area contributed by atoms with Gasteiger partial charge in [0.15, 0.2) is 4.73 Å². The van der Waals surface area contributed by atoms with Gasteiger partial charge in [-0.25, -0.2) is 4.98 Å². The Balaban J connectivity index is 1.79. The van der Waals surface area contributed by atoms with Gasteiger partial charge in [-0.3, -0.25) is 9.79 Å². The van der Waals surface area contributed by atoms with Crippen LogP contribution in [0.1, 0.15) is 37.2 Å². The van der Waals surface area contributed by atoms with Crippen LogP contribution in [0, 0.1) is 0 Å². The second-order valence-corrected chi connectivity index (χ2v) is 9.82. The zero-order valence-corrected chi connectivity index (χ0v) is 19.0. The van der Waals surface area contributed by atoms with E-state index < -0.39 is 5.54 Å². The molecule has 0 saturated carbocycles. The van der Waals surface area contributed by atoms with Gasteiger partial charge in [0.2, 0.25) is 5.91 Å². The predicted octanol–water partition coefficient (Wildman–Crippen LogP) is 5.53. The standard InChI is InChI=1S/C20H15Br2ClN4O/c1-19(2)6-5-14-20(11-4-3-10(21)7-13(11)24-14)8-15(28)27(20)9-12(23)16-17(19)26-18(22)25-16/h3-7,9H,8H2,1-2H3,(H,25,26)/b6-5-,12-9+/t20-/m1/s1. The minimum atomic E-state index is -0.620. The lowest BCUT2D eigenvalue weighted by molar-refractivity contribution is -0.145. The Hall–Kier alpha value is -1.70. The van der Waals surface area contributed by atoms with Crippen molar-refractivity contribution in [2.24, 2.45) is 4.99 Å². The molecule has 8 heteroatoms. The molecule has 1 saturated heterocycles. The summed E-state index contributed by atoms with van der Waals surface area (Å²) >= 11 is 13.6. The molecule has 1 fully saturated rings. The predicted molar refractivity (Wildman–Crippen MR) is 117 cm³/mol. The number of aliphatic imine (C=N–C) groups is 1. The van der Waals surface area contributed by atoms with Crippen molar-refractivity contribution < 1.29 is 4.79 Å². The lowest BCUT2D eigenvalue weighted by atomic mass is 9.74. The number of hydrogen-bond donors (Lipinski definition) is 1. The fourth-order valence-corrected chi connectivity index (χ4v) is 5.10. The lowest BCUT2D eigenvalue weighted by Gasteiger charge is -2.49. The van der Waals surface area contributed by atoms with E-state index >= 15 is 0 Å². The Kier molecular flexibility index (Phi) is 3.87. The highest BCUT2D eigenvalue weighted by molar-refractivity contribution is 9.10. The van der Waals surface area contributed by atoms with Crippen LogP contribution >= 0.6 is 43.5 Å². The summed E-state index contributed by atoms with van der Waals surface area (Å²) in [6, 6.07) is 5.99. The molecule has 5 rings (SSSR count). The summed E-state index contributed by atoms with van der Waals surface area (Å²) in [5, 5.41) is 0.415.